The summed E-state index contributed by atoms with van der Waals surface area (Å²) >= 11 is 0. The summed E-state index contributed by atoms with van der Waals surface area (Å²) < 4.78 is 1.81. The van der Waals surface area contributed by atoms with Gasteiger partial charge in [0.15, 0.2) is 0 Å². The number of rotatable bonds is 3. The van der Waals surface area contributed by atoms with Crippen molar-refractivity contribution in [2.45, 2.75) is 44.4 Å². The summed E-state index contributed by atoms with van der Waals surface area (Å²) in [5.74, 6) is -0.690. The van der Waals surface area contributed by atoms with E-state index in [4.69, 9.17) is 0 Å². The summed E-state index contributed by atoms with van der Waals surface area (Å²) in [7, 11) is 0. The molecule has 2 aromatic rings. The zero-order valence-corrected chi connectivity index (χ0v) is 12.2. The molecule has 1 aliphatic carbocycles. The molecule has 0 aliphatic heterocycles. The zero-order chi connectivity index (χ0) is 14.9. The highest BCUT2D eigenvalue weighted by atomic mass is 16.4. The number of nitrogens with zero attached hydrogens (tertiary/aromatic N) is 2. The molecule has 0 bridgehead atoms. The number of aryl methyl sites for hydroxylation is 1. The molecule has 1 heterocycles. The molecular formula is C17H20N2O2. The Morgan fingerprint density at radius 1 is 1.19 bits per heavy atom. The summed E-state index contributed by atoms with van der Waals surface area (Å²) in [4.78, 5) is 11.8. The minimum atomic E-state index is -0.698. The summed E-state index contributed by atoms with van der Waals surface area (Å²) in [6, 6.07) is 7.82. The van der Waals surface area contributed by atoms with Crippen LogP contribution in [0, 0.1) is 6.92 Å². The van der Waals surface area contributed by atoms with Crippen molar-refractivity contribution in [1.29, 1.82) is 0 Å². The van der Waals surface area contributed by atoms with E-state index in [1.807, 2.05) is 48.3 Å². The highest BCUT2D eigenvalue weighted by Gasteiger charge is 2.41. The van der Waals surface area contributed by atoms with Gasteiger partial charge in [0, 0.05) is 6.20 Å². The van der Waals surface area contributed by atoms with Gasteiger partial charge >= 0.3 is 5.97 Å². The second kappa shape index (κ2) is 5.35. The molecule has 1 aliphatic rings. The third-order valence-corrected chi connectivity index (χ3v) is 4.51. The highest BCUT2D eigenvalue weighted by Crippen LogP contribution is 2.39. The quantitative estimate of drug-likeness (QED) is 0.939. The Morgan fingerprint density at radius 3 is 2.38 bits per heavy atom. The smallest absolute Gasteiger partial charge is 0.314 e. The van der Waals surface area contributed by atoms with Crippen molar-refractivity contribution in [3.8, 4) is 5.69 Å². The second-order valence-corrected chi connectivity index (χ2v) is 5.96. The molecule has 1 fully saturated rings. The van der Waals surface area contributed by atoms with Crippen LogP contribution in [0.25, 0.3) is 5.69 Å². The van der Waals surface area contributed by atoms with Crippen LogP contribution in [0.3, 0.4) is 0 Å². The van der Waals surface area contributed by atoms with Crippen molar-refractivity contribution in [3.05, 3.63) is 47.8 Å². The molecule has 0 saturated heterocycles. The number of aliphatic carboxylic acids is 1. The van der Waals surface area contributed by atoms with Gasteiger partial charge in [0.2, 0.25) is 0 Å². The Labute approximate surface area is 124 Å². The lowest BCUT2D eigenvalue weighted by Gasteiger charge is -2.33. The van der Waals surface area contributed by atoms with Crippen LogP contribution in [-0.2, 0) is 10.2 Å². The van der Waals surface area contributed by atoms with Gasteiger partial charge in [-0.3, -0.25) is 4.79 Å². The number of hydrogen-bond acceptors (Lipinski definition) is 2. The van der Waals surface area contributed by atoms with E-state index in [0.29, 0.717) is 0 Å². The van der Waals surface area contributed by atoms with Gasteiger partial charge in [0.1, 0.15) is 0 Å². The van der Waals surface area contributed by atoms with Gasteiger partial charge in [-0.2, -0.15) is 5.10 Å². The molecule has 1 aromatic heterocycles. The third-order valence-electron chi connectivity index (χ3n) is 4.51. The lowest BCUT2D eigenvalue weighted by molar-refractivity contribution is -0.145. The third kappa shape index (κ3) is 2.46. The Bertz CT molecular complexity index is 637. The fourth-order valence-corrected chi connectivity index (χ4v) is 3.27. The van der Waals surface area contributed by atoms with E-state index >= 15 is 0 Å². The average molecular weight is 284 g/mol. The predicted octanol–water partition coefficient (Wildman–Crippen LogP) is 3.47. The maximum absolute atomic E-state index is 11.8. The molecule has 1 saturated carbocycles. The standard InChI is InChI=1S/C17H20N2O2/c1-13-11-18-19(12-13)15-7-5-14(6-8-15)17(16(20)21)9-3-2-4-10-17/h5-8,11-12H,2-4,9-10H2,1H3,(H,20,21). The largest absolute Gasteiger partial charge is 0.481 e. The number of carbonyl (C=O) groups is 1. The summed E-state index contributed by atoms with van der Waals surface area (Å²) in [6.45, 7) is 2.00. The molecule has 1 aromatic carbocycles. The Morgan fingerprint density at radius 2 is 1.86 bits per heavy atom. The first-order chi connectivity index (χ1) is 10.1. The van der Waals surface area contributed by atoms with Crippen LogP contribution in [-0.4, -0.2) is 20.9 Å². The molecule has 0 radical (unpaired) electrons. The summed E-state index contributed by atoms with van der Waals surface area (Å²) in [6.07, 6.45) is 8.37. The van der Waals surface area contributed by atoms with Gasteiger partial charge in [0.25, 0.3) is 0 Å². The maximum atomic E-state index is 11.8. The van der Waals surface area contributed by atoms with Gasteiger partial charge in [0.05, 0.1) is 17.3 Å². The van der Waals surface area contributed by atoms with Crippen molar-refractivity contribution in [1.82, 2.24) is 9.78 Å². The molecule has 1 N–H and O–H groups in total. The lowest BCUT2D eigenvalue weighted by Crippen LogP contribution is -2.37. The predicted molar refractivity (Wildman–Crippen MR) is 80.7 cm³/mol. The van der Waals surface area contributed by atoms with E-state index in [1.165, 1.54) is 0 Å². The van der Waals surface area contributed by atoms with Gasteiger partial charge in [-0.1, -0.05) is 31.4 Å². The molecule has 0 amide bonds. The molecule has 0 unspecified atom stereocenters. The molecule has 0 atom stereocenters. The molecule has 4 nitrogen and oxygen atoms in total. The number of aromatic nitrogens is 2. The van der Waals surface area contributed by atoms with Crippen molar-refractivity contribution >= 4 is 5.97 Å². The average Bonchev–Trinajstić information content (AvgIpc) is 2.94. The van der Waals surface area contributed by atoms with E-state index in [0.717, 1.165) is 48.9 Å². The SMILES string of the molecule is Cc1cnn(-c2ccc(C3(C(=O)O)CCCCC3)cc2)c1. The fraction of sp³-hybridized carbons (Fsp3) is 0.412. The monoisotopic (exact) mass is 284 g/mol. The van der Waals surface area contributed by atoms with Gasteiger partial charge in [-0.25, -0.2) is 4.68 Å². The molecule has 4 heteroatoms. The van der Waals surface area contributed by atoms with Gasteiger partial charge < -0.3 is 5.11 Å². The minimum absolute atomic E-state index is 0.690. The summed E-state index contributed by atoms with van der Waals surface area (Å²) in [5.41, 5.74) is 2.29. The first-order valence-electron chi connectivity index (χ1n) is 7.47. The van der Waals surface area contributed by atoms with Crippen molar-refractivity contribution < 1.29 is 9.90 Å². The number of benzene rings is 1. The van der Waals surface area contributed by atoms with Gasteiger partial charge in [-0.05, 0) is 43.0 Å². The van der Waals surface area contributed by atoms with Crippen molar-refractivity contribution in [2.75, 3.05) is 0 Å². The Balaban J connectivity index is 1.93. The van der Waals surface area contributed by atoms with Crippen LogP contribution in [0.5, 0.6) is 0 Å². The minimum Gasteiger partial charge on any atom is -0.481 e. The highest BCUT2D eigenvalue weighted by molar-refractivity contribution is 5.81. The van der Waals surface area contributed by atoms with Crippen LogP contribution < -0.4 is 0 Å². The molecular weight excluding hydrogens is 264 g/mol. The summed E-state index contributed by atoms with van der Waals surface area (Å²) in [5, 5.41) is 14.0. The number of carboxylic acid groups (broad SMARTS) is 1. The normalized spacial score (nSPS) is 17.6. The van der Waals surface area contributed by atoms with E-state index < -0.39 is 11.4 Å². The molecule has 3 rings (SSSR count). The van der Waals surface area contributed by atoms with Crippen LogP contribution in [0.4, 0.5) is 0 Å². The number of carboxylic acids is 1. The van der Waals surface area contributed by atoms with Crippen LogP contribution in [0.2, 0.25) is 0 Å². The molecule has 110 valence electrons. The Hall–Kier alpha value is -2.10. The fourth-order valence-electron chi connectivity index (χ4n) is 3.27. The van der Waals surface area contributed by atoms with Gasteiger partial charge in [-0.15, -0.1) is 0 Å². The van der Waals surface area contributed by atoms with Crippen LogP contribution >= 0.6 is 0 Å². The van der Waals surface area contributed by atoms with E-state index in [1.54, 1.807) is 0 Å². The van der Waals surface area contributed by atoms with Crippen LogP contribution in [0.1, 0.15) is 43.2 Å². The first kappa shape index (κ1) is 13.9. The van der Waals surface area contributed by atoms with Crippen molar-refractivity contribution in [2.24, 2.45) is 0 Å². The van der Waals surface area contributed by atoms with Crippen LogP contribution in [0.15, 0.2) is 36.7 Å². The molecule has 21 heavy (non-hydrogen) atoms. The lowest BCUT2D eigenvalue weighted by atomic mass is 9.69. The first-order valence-corrected chi connectivity index (χ1v) is 7.47. The maximum Gasteiger partial charge on any atom is 0.314 e. The second-order valence-electron chi connectivity index (χ2n) is 5.96. The Kier molecular flexibility index (Phi) is 3.53. The van der Waals surface area contributed by atoms with E-state index in [9.17, 15) is 9.90 Å². The zero-order valence-electron chi connectivity index (χ0n) is 12.2. The molecule has 0 spiro atoms. The topological polar surface area (TPSA) is 55.1 Å². The van der Waals surface area contributed by atoms with E-state index in [2.05, 4.69) is 5.10 Å². The van der Waals surface area contributed by atoms with Crippen molar-refractivity contribution in [3.63, 3.8) is 0 Å². The van der Waals surface area contributed by atoms with E-state index in [-0.39, 0.29) is 0 Å². The number of hydrogen-bond donors (Lipinski definition) is 1.